The first-order valence-corrected chi connectivity index (χ1v) is 7.88. The molecule has 1 atom stereocenters. The fraction of sp³-hybridized carbons (Fsp3) is 0.250. The van der Waals surface area contributed by atoms with E-state index in [9.17, 15) is 0 Å². The summed E-state index contributed by atoms with van der Waals surface area (Å²) in [5.74, 6) is 0. The van der Waals surface area contributed by atoms with E-state index in [0.29, 0.717) is 6.04 Å². The lowest BCUT2D eigenvalue weighted by atomic mass is 9.99. The van der Waals surface area contributed by atoms with Crippen molar-refractivity contribution < 1.29 is 0 Å². The van der Waals surface area contributed by atoms with Crippen molar-refractivity contribution in [3.8, 4) is 0 Å². The van der Waals surface area contributed by atoms with Gasteiger partial charge in [-0.2, -0.15) is 0 Å². The molecule has 0 saturated heterocycles. The van der Waals surface area contributed by atoms with Crippen molar-refractivity contribution in [1.82, 2.24) is 5.32 Å². The number of benzene rings is 2. The van der Waals surface area contributed by atoms with Crippen LogP contribution in [0.25, 0.3) is 0 Å². The molecule has 2 aromatic rings. The minimum Gasteiger partial charge on any atom is -0.310 e. The van der Waals surface area contributed by atoms with E-state index in [1.807, 2.05) is 12.1 Å². The minimum absolute atomic E-state index is 0.347. The Morgan fingerprint density at radius 3 is 2.42 bits per heavy atom. The smallest absolute Gasteiger partial charge is 0.0406 e. The molecule has 3 heteroatoms. The summed E-state index contributed by atoms with van der Waals surface area (Å²) < 4.78 is 1.31. The lowest BCUT2D eigenvalue weighted by Crippen LogP contribution is -2.23. The zero-order valence-corrected chi connectivity index (χ0v) is 13.8. The van der Waals surface area contributed by atoms with E-state index in [4.69, 9.17) is 11.6 Å². The van der Waals surface area contributed by atoms with Gasteiger partial charge in [0.05, 0.1) is 0 Å². The molecule has 0 aliphatic rings. The fourth-order valence-electron chi connectivity index (χ4n) is 2.15. The van der Waals surface area contributed by atoms with Crippen LogP contribution in [0.2, 0.25) is 5.02 Å². The van der Waals surface area contributed by atoms with Crippen molar-refractivity contribution in [3.05, 3.63) is 68.3 Å². The molecule has 1 N–H and O–H groups in total. The lowest BCUT2D eigenvalue weighted by molar-refractivity contribution is 0.548. The summed E-state index contributed by atoms with van der Waals surface area (Å²) in [4.78, 5) is 0. The number of halogens is 2. The van der Waals surface area contributed by atoms with Crippen molar-refractivity contribution in [2.45, 2.75) is 19.4 Å². The van der Waals surface area contributed by atoms with E-state index < -0.39 is 0 Å². The molecule has 2 rings (SSSR count). The highest BCUT2D eigenvalue weighted by Gasteiger charge is 2.13. The molecule has 1 nitrogen and oxygen atoms in total. The monoisotopic (exact) mass is 385 g/mol. The van der Waals surface area contributed by atoms with Crippen LogP contribution in [0, 0.1) is 3.57 Å². The number of hydrogen-bond acceptors (Lipinski definition) is 1. The average Bonchev–Trinajstić information content (AvgIpc) is 2.41. The number of nitrogens with one attached hydrogen (secondary N) is 1. The molecule has 0 heterocycles. The second-order valence-electron chi connectivity index (χ2n) is 4.46. The third-order valence-corrected chi connectivity index (χ3v) is 4.32. The van der Waals surface area contributed by atoms with Crippen LogP contribution < -0.4 is 5.32 Å². The van der Waals surface area contributed by atoms with Gasteiger partial charge in [0.15, 0.2) is 0 Å². The van der Waals surface area contributed by atoms with Crippen molar-refractivity contribution in [2.24, 2.45) is 0 Å². The van der Waals surface area contributed by atoms with Gasteiger partial charge in [-0.3, -0.25) is 0 Å². The van der Waals surface area contributed by atoms with E-state index in [1.165, 1.54) is 14.7 Å². The molecule has 100 valence electrons. The maximum Gasteiger partial charge on any atom is 0.0406 e. The van der Waals surface area contributed by atoms with Crippen molar-refractivity contribution in [1.29, 1.82) is 0 Å². The number of hydrogen-bond donors (Lipinski definition) is 1. The van der Waals surface area contributed by atoms with Gasteiger partial charge in [-0.1, -0.05) is 48.9 Å². The van der Waals surface area contributed by atoms with E-state index >= 15 is 0 Å². The Balaban J connectivity index is 2.21. The topological polar surface area (TPSA) is 12.0 Å². The summed E-state index contributed by atoms with van der Waals surface area (Å²) in [5.41, 5.74) is 2.66. The Hall–Kier alpha value is -0.580. The highest BCUT2D eigenvalue weighted by Crippen LogP contribution is 2.24. The predicted octanol–water partition coefficient (Wildman–Crippen LogP) is 4.84. The van der Waals surface area contributed by atoms with Crippen LogP contribution >= 0.6 is 34.2 Å². The quantitative estimate of drug-likeness (QED) is 0.726. The van der Waals surface area contributed by atoms with E-state index in [1.54, 1.807) is 0 Å². The largest absolute Gasteiger partial charge is 0.310 e. The van der Waals surface area contributed by atoms with Crippen LogP contribution in [0.4, 0.5) is 0 Å². The first-order chi connectivity index (χ1) is 9.20. The van der Waals surface area contributed by atoms with Crippen LogP contribution in [0.5, 0.6) is 0 Å². The summed E-state index contributed by atoms with van der Waals surface area (Å²) in [5, 5.41) is 4.35. The fourth-order valence-corrected chi connectivity index (χ4v) is 3.04. The SMILES string of the molecule is CCNC(Cc1ccc(Cl)cc1)c1ccccc1I. The first-order valence-electron chi connectivity index (χ1n) is 6.43. The van der Waals surface area contributed by atoms with Gasteiger partial charge >= 0.3 is 0 Å². The number of rotatable bonds is 5. The molecular formula is C16H17ClIN. The van der Waals surface area contributed by atoms with Crippen LogP contribution in [-0.4, -0.2) is 6.54 Å². The summed E-state index contributed by atoms with van der Waals surface area (Å²) >= 11 is 8.34. The molecule has 0 aliphatic heterocycles. The molecule has 0 bridgehead atoms. The normalized spacial score (nSPS) is 12.4. The van der Waals surface area contributed by atoms with E-state index in [0.717, 1.165) is 18.0 Å². The van der Waals surface area contributed by atoms with Gasteiger partial charge in [-0.05, 0) is 64.9 Å². The van der Waals surface area contributed by atoms with Crippen molar-refractivity contribution in [2.75, 3.05) is 6.54 Å². The molecule has 0 saturated carbocycles. The van der Waals surface area contributed by atoms with Gasteiger partial charge in [0.2, 0.25) is 0 Å². The molecule has 1 unspecified atom stereocenters. The summed E-state index contributed by atoms with van der Waals surface area (Å²) in [6.07, 6.45) is 0.977. The maximum absolute atomic E-state index is 5.93. The second-order valence-corrected chi connectivity index (χ2v) is 6.06. The Morgan fingerprint density at radius 2 is 1.79 bits per heavy atom. The Kier molecular flexibility index (Phi) is 5.67. The third kappa shape index (κ3) is 4.20. The Labute approximate surface area is 133 Å². The number of likely N-dealkylation sites (N-methyl/N-ethyl adjacent to an activating group) is 1. The summed E-state index contributed by atoms with van der Waals surface area (Å²) in [6, 6.07) is 17.0. The molecule has 0 amide bonds. The standard InChI is InChI=1S/C16H17ClIN/c1-2-19-16(14-5-3-4-6-15(14)18)11-12-7-9-13(17)10-8-12/h3-10,16,19H,2,11H2,1H3. The molecular weight excluding hydrogens is 369 g/mol. The highest BCUT2D eigenvalue weighted by molar-refractivity contribution is 14.1. The maximum atomic E-state index is 5.93. The third-order valence-electron chi connectivity index (χ3n) is 3.08. The van der Waals surface area contributed by atoms with Crippen molar-refractivity contribution in [3.63, 3.8) is 0 Å². The molecule has 0 aromatic heterocycles. The first kappa shape index (κ1) is 14.8. The molecule has 0 fully saturated rings. The lowest BCUT2D eigenvalue weighted by Gasteiger charge is -2.20. The van der Waals surface area contributed by atoms with Gasteiger partial charge in [0.25, 0.3) is 0 Å². The molecule has 0 spiro atoms. The zero-order valence-electron chi connectivity index (χ0n) is 10.9. The Morgan fingerprint density at radius 1 is 1.11 bits per heavy atom. The second kappa shape index (κ2) is 7.27. The molecule has 0 aliphatic carbocycles. The molecule has 19 heavy (non-hydrogen) atoms. The van der Waals surface area contributed by atoms with Gasteiger partial charge in [-0.15, -0.1) is 0 Å². The van der Waals surface area contributed by atoms with Gasteiger partial charge in [0, 0.05) is 14.6 Å². The molecule has 2 aromatic carbocycles. The van der Waals surface area contributed by atoms with Gasteiger partial charge in [-0.25, -0.2) is 0 Å². The van der Waals surface area contributed by atoms with Crippen LogP contribution in [0.3, 0.4) is 0 Å². The molecule has 0 radical (unpaired) electrons. The van der Waals surface area contributed by atoms with Crippen molar-refractivity contribution >= 4 is 34.2 Å². The van der Waals surface area contributed by atoms with Crippen LogP contribution in [0.15, 0.2) is 48.5 Å². The average molecular weight is 386 g/mol. The predicted molar refractivity (Wildman–Crippen MR) is 90.7 cm³/mol. The van der Waals surface area contributed by atoms with Crippen LogP contribution in [-0.2, 0) is 6.42 Å². The Bertz CT molecular complexity index is 525. The summed E-state index contributed by atoms with van der Waals surface area (Å²) in [7, 11) is 0. The van der Waals surface area contributed by atoms with E-state index in [2.05, 4.69) is 71.2 Å². The van der Waals surface area contributed by atoms with Gasteiger partial charge < -0.3 is 5.32 Å². The minimum atomic E-state index is 0.347. The zero-order chi connectivity index (χ0) is 13.7. The van der Waals surface area contributed by atoms with Gasteiger partial charge in [0.1, 0.15) is 0 Å². The summed E-state index contributed by atoms with van der Waals surface area (Å²) in [6.45, 7) is 3.11. The van der Waals surface area contributed by atoms with Crippen LogP contribution in [0.1, 0.15) is 24.1 Å². The highest BCUT2D eigenvalue weighted by atomic mass is 127. The van der Waals surface area contributed by atoms with E-state index in [-0.39, 0.29) is 0 Å².